The average Bonchev–Trinajstić information content (AvgIpc) is 2.60. The molecule has 0 spiro atoms. The molecule has 1 aromatic carbocycles. The van der Waals surface area contributed by atoms with Gasteiger partial charge in [-0.05, 0) is 38.3 Å². The minimum atomic E-state index is -3.69. The molecule has 1 unspecified atom stereocenters. The largest absolute Gasteiger partial charge is 0.378 e. The molecule has 0 aliphatic carbocycles. The molecule has 0 fully saturated rings. The van der Waals surface area contributed by atoms with E-state index in [2.05, 4.69) is 29.5 Å². The SMILES string of the molecule is CCNC(=NCCC(OCC)C(C)C)NCCS(=O)(=O)c1ccccc1F. The standard InChI is InChI=1S/C19H32FN3O3S/c1-5-21-19(22-12-11-17(15(3)4)26-6-2)23-13-14-27(24,25)18-10-8-7-9-16(18)20/h7-10,15,17H,5-6,11-14H2,1-4H3,(H2,21,22,23). The Morgan fingerprint density at radius 2 is 1.93 bits per heavy atom. The number of benzene rings is 1. The molecule has 1 aromatic rings. The Balaban J connectivity index is 2.60. The number of ether oxygens (including phenoxy) is 1. The molecule has 0 aromatic heterocycles. The zero-order valence-corrected chi connectivity index (χ0v) is 17.5. The Kier molecular flexibility index (Phi) is 10.3. The molecular formula is C19H32FN3O3S. The molecule has 1 rings (SSSR count). The van der Waals surface area contributed by atoms with Crippen LogP contribution in [0.4, 0.5) is 4.39 Å². The van der Waals surface area contributed by atoms with Crippen molar-refractivity contribution < 1.29 is 17.5 Å². The van der Waals surface area contributed by atoms with Crippen molar-refractivity contribution in [3.63, 3.8) is 0 Å². The van der Waals surface area contributed by atoms with Gasteiger partial charge in [-0.15, -0.1) is 0 Å². The van der Waals surface area contributed by atoms with Gasteiger partial charge in [0.1, 0.15) is 10.7 Å². The summed E-state index contributed by atoms with van der Waals surface area (Å²) in [5.41, 5.74) is 0. The monoisotopic (exact) mass is 401 g/mol. The first-order chi connectivity index (χ1) is 12.8. The fourth-order valence-electron chi connectivity index (χ4n) is 2.58. The van der Waals surface area contributed by atoms with Gasteiger partial charge in [-0.25, -0.2) is 12.8 Å². The lowest BCUT2D eigenvalue weighted by Gasteiger charge is -2.20. The van der Waals surface area contributed by atoms with Crippen LogP contribution in [0, 0.1) is 11.7 Å². The Labute approximate surface area is 162 Å². The summed E-state index contributed by atoms with van der Waals surface area (Å²) in [6, 6.07) is 5.41. The molecule has 0 aliphatic heterocycles. The number of halogens is 1. The number of sulfone groups is 1. The van der Waals surface area contributed by atoms with E-state index in [9.17, 15) is 12.8 Å². The predicted octanol–water partition coefficient (Wildman–Crippen LogP) is 2.61. The Hall–Kier alpha value is -1.67. The molecule has 6 nitrogen and oxygen atoms in total. The van der Waals surface area contributed by atoms with Crippen LogP contribution in [0.3, 0.4) is 0 Å². The highest BCUT2D eigenvalue weighted by molar-refractivity contribution is 7.91. The van der Waals surface area contributed by atoms with E-state index in [0.717, 1.165) is 12.5 Å². The molecule has 0 bridgehead atoms. The van der Waals surface area contributed by atoms with Crippen LogP contribution < -0.4 is 10.6 Å². The van der Waals surface area contributed by atoms with E-state index in [0.29, 0.717) is 31.6 Å². The molecule has 154 valence electrons. The molecule has 1 atom stereocenters. The molecule has 2 N–H and O–H groups in total. The van der Waals surface area contributed by atoms with Crippen molar-refractivity contribution in [3.05, 3.63) is 30.1 Å². The summed E-state index contributed by atoms with van der Waals surface area (Å²) in [6.45, 7) is 10.2. The molecule has 0 saturated heterocycles. The van der Waals surface area contributed by atoms with E-state index in [4.69, 9.17) is 4.74 Å². The summed E-state index contributed by atoms with van der Waals surface area (Å²) in [4.78, 5) is 4.20. The smallest absolute Gasteiger partial charge is 0.191 e. The molecular weight excluding hydrogens is 369 g/mol. The maximum atomic E-state index is 13.7. The minimum absolute atomic E-state index is 0.140. The van der Waals surface area contributed by atoms with Gasteiger partial charge in [0.15, 0.2) is 15.8 Å². The number of aliphatic imine (C=N–C) groups is 1. The Morgan fingerprint density at radius 1 is 1.22 bits per heavy atom. The van der Waals surface area contributed by atoms with Gasteiger partial charge in [0.05, 0.1) is 11.9 Å². The summed E-state index contributed by atoms with van der Waals surface area (Å²) < 4.78 is 44.0. The number of nitrogens with one attached hydrogen (secondary N) is 2. The molecule has 0 radical (unpaired) electrons. The summed E-state index contributed by atoms with van der Waals surface area (Å²) >= 11 is 0. The quantitative estimate of drug-likeness (QED) is 0.440. The number of nitrogens with zero attached hydrogens (tertiary/aromatic N) is 1. The van der Waals surface area contributed by atoms with Crippen molar-refractivity contribution in [3.8, 4) is 0 Å². The van der Waals surface area contributed by atoms with Gasteiger partial charge in [0.2, 0.25) is 0 Å². The zero-order valence-electron chi connectivity index (χ0n) is 16.7. The first-order valence-corrected chi connectivity index (χ1v) is 11.1. The summed E-state index contributed by atoms with van der Waals surface area (Å²) in [6.07, 6.45) is 0.929. The van der Waals surface area contributed by atoms with Crippen molar-refractivity contribution in [2.75, 3.05) is 32.0 Å². The predicted molar refractivity (Wildman–Crippen MR) is 107 cm³/mol. The van der Waals surface area contributed by atoms with E-state index in [-0.39, 0.29) is 23.3 Å². The average molecular weight is 402 g/mol. The number of guanidine groups is 1. The van der Waals surface area contributed by atoms with Gasteiger partial charge in [0.25, 0.3) is 0 Å². The van der Waals surface area contributed by atoms with Gasteiger partial charge < -0.3 is 15.4 Å². The normalized spacial score (nSPS) is 13.6. The maximum Gasteiger partial charge on any atom is 0.191 e. The lowest BCUT2D eigenvalue weighted by molar-refractivity contribution is 0.0266. The Morgan fingerprint density at radius 3 is 2.52 bits per heavy atom. The highest BCUT2D eigenvalue weighted by atomic mass is 32.2. The first kappa shape index (κ1) is 23.4. The third kappa shape index (κ3) is 8.26. The zero-order chi connectivity index (χ0) is 20.3. The highest BCUT2D eigenvalue weighted by Gasteiger charge is 2.18. The van der Waals surface area contributed by atoms with Crippen LogP contribution in [0.2, 0.25) is 0 Å². The number of hydrogen-bond donors (Lipinski definition) is 2. The second-order valence-electron chi connectivity index (χ2n) is 6.46. The van der Waals surface area contributed by atoms with Gasteiger partial charge in [-0.2, -0.15) is 0 Å². The molecule has 0 saturated carbocycles. The van der Waals surface area contributed by atoms with Crippen LogP contribution in [0.15, 0.2) is 34.2 Å². The van der Waals surface area contributed by atoms with E-state index < -0.39 is 15.7 Å². The molecule has 0 amide bonds. The molecule has 0 aliphatic rings. The van der Waals surface area contributed by atoms with E-state index >= 15 is 0 Å². The van der Waals surface area contributed by atoms with Crippen LogP contribution in [0.1, 0.15) is 34.1 Å². The molecule has 8 heteroatoms. The van der Waals surface area contributed by atoms with Crippen LogP contribution in [-0.2, 0) is 14.6 Å². The minimum Gasteiger partial charge on any atom is -0.378 e. The molecule has 27 heavy (non-hydrogen) atoms. The fourth-order valence-corrected chi connectivity index (χ4v) is 3.82. The van der Waals surface area contributed by atoms with Gasteiger partial charge in [0, 0.05) is 26.2 Å². The summed E-state index contributed by atoms with van der Waals surface area (Å²) in [5.74, 6) is 0.00176. The topological polar surface area (TPSA) is 79.8 Å². The lowest BCUT2D eigenvalue weighted by atomic mass is 10.0. The van der Waals surface area contributed by atoms with Crippen molar-refractivity contribution in [1.29, 1.82) is 0 Å². The summed E-state index contributed by atoms with van der Waals surface area (Å²) in [7, 11) is -3.69. The number of hydrogen-bond acceptors (Lipinski definition) is 4. The van der Waals surface area contributed by atoms with E-state index in [1.807, 2.05) is 13.8 Å². The van der Waals surface area contributed by atoms with Gasteiger partial charge in [-0.3, -0.25) is 4.99 Å². The maximum absolute atomic E-state index is 13.7. The van der Waals surface area contributed by atoms with Crippen LogP contribution >= 0.6 is 0 Å². The van der Waals surface area contributed by atoms with Crippen LogP contribution in [-0.4, -0.2) is 52.5 Å². The van der Waals surface area contributed by atoms with Crippen molar-refractivity contribution in [2.24, 2.45) is 10.9 Å². The third-order valence-corrected chi connectivity index (χ3v) is 5.73. The van der Waals surface area contributed by atoms with Crippen molar-refractivity contribution >= 4 is 15.8 Å². The van der Waals surface area contributed by atoms with Crippen molar-refractivity contribution in [1.82, 2.24) is 10.6 Å². The van der Waals surface area contributed by atoms with E-state index in [1.54, 1.807) is 0 Å². The molecule has 0 heterocycles. The second kappa shape index (κ2) is 11.9. The second-order valence-corrected chi connectivity index (χ2v) is 8.54. The van der Waals surface area contributed by atoms with E-state index in [1.165, 1.54) is 18.2 Å². The van der Waals surface area contributed by atoms with Crippen LogP contribution in [0.5, 0.6) is 0 Å². The van der Waals surface area contributed by atoms with Gasteiger partial charge in [-0.1, -0.05) is 26.0 Å². The summed E-state index contributed by atoms with van der Waals surface area (Å²) in [5, 5.41) is 6.08. The van der Waals surface area contributed by atoms with Crippen molar-refractivity contribution in [2.45, 2.75) is 45.1 Å². The fraction of sp³-hybridized carbons (Fsp3) is 0.632. The number of rotatable bonds is 11. The highest BCUT2D eigenvalue weighted by Crippen LogP contribution is 2.14. The first-order valence-electron chi connectivity index (χ1n) is 9.42. The van der Waals surface area contributed by atoms with Gasteiger partial charge >= 0.3 is 0 Å². The third-order valence-electron chi connectivity index (χ3n) is 3.99. The Bertz CT molecular complexity index is 693. The van der Waals surface area contributed by atoms with Crippen LogP contribution in [0.25, 0.3) is 0 Å². The lowest BCUT2D eigenvalue weighted by Crippen LogP contribution is -2.40.